The van der Waals surface area contributed by atoms with Gasteiger partial charge in [0.15, 0.2) is 0 Å². The van der Waals surface area contributed by atoms with Crippen LogP contribution in [0.4, 0.5) is 11.4 Å². The first kappa shape index (κ1) is 22.2. The van der Waals surface area contributed by atoms with Crippen LogP contribution in [0.3, 0.4) is 0 Å². The summed E-state index contributed by atoms with van der Waals surface area (Å²) in [7, 11) is 9.28. The van der Waals surface area contributed by atoms with E-state index in [1.165, 1.54) is 7.11 Å². The van der Waals surface area contributed by atoms with Crippen molar-refractivity contribution in [2.24, 2.45) is 0 Å². The second-order valence-electron chi connectivity index (χ2n) is 7.19. The van der Waals surface area contributed by atoms with Gasteiger partial charge in [0.1, 0.15) is 5.75 Å². The Morgan fingerprint density at radius 3 is 2.34 bits per heavy atom. The largest absolute Gasteiger partial charge is 0.496 e. The highest BCUT2D eigenvalue weighted by Crippen LogP contribution is 2.24. The number of ether oxygens (including phenoxy) is 1. The van der Waals surface area contributed by atoms with Crippen molar-refractivity contribution in [3.05, 3.63) is 53.6 Å². The Labute approximate surface area is 172 Å². The van der Waals surface area contributed by atoms with Gasteiger partial charge in [-0.05, 0) is 57.4 Å². The number of anilines is 2. The Morgan fingerprint density at radius 2 is 1.69 bits per heavy atom. The second-order valence-corrected chi connectivity index (χ2v) is 7.19. The number of nitrogens with zero attached hydrogens (tertiary/aromatic N) is 2. The highest BCUT2D eigenvalue weighted by molar-refractivity contribution is 6.07. The van der Waals surface area contributed by atoms with Crippen molar-refractivity contribution in [2.45, 2.75) is 6.42 Å². The van der Waals surface area contributed by atoms with Gasteiger partial charge < -0.3 is 25.2 Å². The minimum Gasteiger partial charge on any atom is -0.496 e. The van der Waals surface area contributed by atoms with E-state index in [4.69, 9.17) is 4.74 Å². The van der Waals surface area contributed by atoms with Gasteiger partial charge in [0.05, 0.1) is 18.2 Å². The van der Waals surface area contributed by atoms with Gasteiger partial charge in [0.25, 0.3) is 11.8 Å². The zero-order valence-corrected chi connectivity index (χ0v) is 17.8. The molecule has 0 radical (unpaired) electrons. The summed E-state index contributed by atoms with van der Waals surface area (Å²) in [6.07, 6.45) is 0.861. The predicted octanol–water partition coefficient (Wildman–Crippen LogP) is 2.70. The number of methoxy groups -OCH3 is 1. The third kappa shape index (κ3) is 6.22. The monoisotopic (exact) mass is 398 g/mol. The van der Waals surface area contributed by atoms with Gasteiger partial charge in [-0.3, -0.25) is 9.59 Å². The lowest BCUT2D eigenvalue weighted by Gasteiger charge is -2.19. The Balaban J connectivity index is 2.18. The van der Waals surface area contributed by atoms with Crippen LogP contribution in [-0.2, 0) is 0 Å². The van der Waals surface area contributed by atoms with Crippen LogP contribution < -0.4 is 20.3 Å². The van der Waals surface area contributed by atoms with Gasteiger partial charge in [-0.25, -0.2) is 0 Å². The molecule has 2 rings (SSSR count). The smallest absolute Gasteiger partial charge is 0.259 e. The molecule has 0 bridgehead atoms. The van der Waals surface area contributed by atoms with Crippen LogP contribution in [0.1, 0.15) is 27.1 Å². The number of hydrogen-bond acceptors (Lipinski definition) is 5. The minimum absolute atomic E-state index is 0.166. The Hall–Kier alpha value is -3.06. The summed E-state index contributed by atoms with van der Waals surface area (Å²) >= 11 is 0. The second kappa shape index (κ2) is 10.5. The number of carbonyl (C=O) groups excluding carboxylic acids is 2. The lowest BCUT2D eigenvalue weighted by atomic mass is 10.1. The number of benzene rings is 2. The van der Waals surface area contributed by atoms with Crippen LogP contribution >= 0.6 is 0 Å². The number of amides is 2. The number of carbonyl (C=O) groups is 2. The molecule has 0 heterocycles. The summed E-state index contributed by atoms with van der Waals surface area (Å²) in [4.78, 5) is 29.4. The highest BCUT2D eigenvalue weighted by atomic mass is 16.5. The fourth-order valence-electron chi connectivity index (χ4n) is 2.91. The van der Waals surface area contributed by atoms with Crippen molar-refractivity contribution in [2.75, 3.05) is 58.6 Å². The van der Waals surface area contributed by atoms with E-state index in [2.05, 4.69) is 15.5 Å². The van der Waals surface area contributed by atoms with Crippen LogP contribution in [0, 0.1) is 0 Å². The first-order chi connectivity index (χ1) is 13.8. The first-order valence-corrected chi connectivity index (χ1v) is 9.52. The van der Waals surface area contributed by atoms with Crippen molar-refractivity contribution >= 4 is 23.2 Å². The molecule has 156 valence electrons. The molecule has 29 heavy (non-hydrogen) atoms. The van der Waals surface area contributed by atoms with E-state index < -0.39 is 0 Å². The predicted molar refractivity (Wildman–Crippen MR) is 117 cm³/mol. The fourth-order valence-corrected chi connectivity index (χ4v) is 2.91. The van der Waals surface area contributed by atoms with Crippen molar-refractivity contribution in [3.8, 4) is 5.75 Å². The van der Waals surface area contributed by atoms with Gasteiger partial charge in [-0.15, -0.1) is 0 Å². The van der Waals surface area contributed by atoms with E-state index in [9.17, 15) is 9.59 Å². The average Bonchev–Trinajstić information content (AvgIpc) is 2.70. The lowest BCUT2D eigenvalue weighted by Crippen LogP contribution is -2.28. The van der Waals surface area contributed by atoms with Crippen molar-refractivity contribution in [1.82, 2.24) is 10.2 Å². The van der Waals surface area contributed by atoms with E-state index in [0.29, 0.717) is 29.1 Å². The minimum atomic E-state index is -0.294. The number of rotatable bonds is 9. The van der Waals surface area contributed by atoms with Gasteiger partial charge in [-0.1, -0.05) is 12.1 Å². The standard InChI is InChI=1S/C22H30N4O3/c1-25(2)14-8-13-23-21(27)18-15-16(11-12-19(18)26(3)4)24-22(28)17-9-6-7-10-20(17)29-5/h6-7,9-12,15H,8,13-14H2,1-5H3,(H,23,27)(H,24,28). The number of para-hydroxylation sites is 1. The van der Waals surface area contributed by atoms with E-state index in [1.807, 2.05) is 39.2 Å². The van der Waals surface area contributed by atoms with E-state index in [0.717, 1.165) is 18.7 Å². The van der Waals surface area contributed by atoms with Crippen LogP contribution in [0.5, 0.6) is 5.75 Å². The van der Waals surface area contributed by atoms with E-state index in [1.54, 1.807) is 36.4 Å². The topological polar surface area (TPSA) is 73.9 Å². The Morgan fingerprint density at radius 1 is 0.966 bits per heavy atom. The summed E-state index contributed by atoms with van der Waals surface area (Å²) in [5, 5.41) is 5.81. The highest BCUT2D eigenvalue weighted by Gasteiger charge is 2.16. The molecule has 0 fully saturated rings. The maximum Gasteiger partial charge on any atom is 0.259 e. The van der Waals surface area contributed by atoms with Crippen molar-refractivity contribution in [3.63, 3.8) is 0 Å². The molecule has 0 aromatic heterocycles. The van der Waals surface area contributed by atoms with Crippen LogP contribution in [0.25, 0.3) is 0 Å². The van der Waals surface area contributed by atoms with Gasteiger partial charge >= 0.3 is 0 Å². The number of nitrogens with one attached hydrogen (secondary N) is 2. The molecule has 7 nitrogen and oxygen atoms in total. The molecular weight excluding hydrogens is 368 g/mol. The van der Waals surface area contributed by atoms with E-state index >= 15 is 0 Å². The molecule has 0 saturated carbocycles. The summed E-state index contributed by atoms with van der Waals surface area (Å²) < 4.78 is 5.25. The van der Waals surface area contributed by atoms with Crippen molar-refractivity contribution < 1.29 is 14.3 Å². The van der Waals surface area contributed by atoms with Gasteiger partial charge in [-0.2, -0.15) is 0 Å². The van der Waals surface area contributed by atoms with Crippen LogP contribution in [0.2, 0.25) is 0 Å². The molecule has 2 aromatic rings. The summed E-state index contributed by atoms with van der Waals surface area (Å²) in [6, 6.07) is 12.3. The SMILES string of the molecule is COc1ccccc1C(=O)Nc1ccc(N(C)C)c(C(=O)NCCCN(C)C)c1. The molecule has 0 aliphatic carbocycles. The molecule has 0 spiro atoms. The molecule has 2 amide bonds. The molecule has 7 heteroatoms. The molecule has 2 N–H and O–H groups in total. The zero-order valence-electron chi connectivity index (χ0n) is 17.8. The number of hydrogen-bond donors (Lipinski definition) is 2. The maximum atomic E-state index is 12.7. The van der Waals surface area contributed by atoms with Crippen molar-refractivity contribution in [1.29, 1.82) is 0 Å². The normalized spacial score (nSPS) is 10.6. The maximum absolute atomic E-state index is 12.7. The Kier molecular flexibility index (Phi) is 8.03. The summed E-state index contributed by atoms with van der Waals surface area (Å²) in [5.74, 6) is 0.0343. The fraction of sp³-hybridized carbons (Fsp3) is 0.364. The van der Waals surface area contributed by atoms with Crippen LogP contribution in [0.15, 0.2) is 42.5 Å². The zero-order chi connectivity index (χ0) is 21.4. The third-order valence-corrected chi connectivity index (χ3v) is 4.40. The lowest BCUT2D eigenvalue weighted by molar-refractivity contribution is 0.0951. The molecule has 0 aliphatic heterocycles. The van der Waals surface area contributed by atoms with Gasteiger partial charge in [0, 0.05) is 32.0 Å². The van der Waals surface area contributed by atoms with E-state index in [-0.39, 0.29) is 11.8 Å². The molecule has 0 saturated heterocycles. The third-order valence-electron chi connectivity index (χ3n) is 4.40. The van der Waals surface area contributed by atoms with Gasteiger partial charge in [0.2, 0.25) is 0 Å². The summed E-state index contributed by atoms with van der Waals surface area (Å²) in [6.45, 7) is 1.48. The molecule has 0 atom stereocenters. The quantitative estimate of drug-likeness (QED) is 0.636. The average molecular weight is 399 g/mol. The molecule has 0 aliphatic rings. The van der Waals surface area contributed by atoms with Crippen LogP contribution in [-0.4, -0.2) is 65.1 Å². The molecular formula is C22H30N4O3. The first-order valence-electron chi connectivity index (χ1n) is 9.52. The Bertz CT molecular complexity index is 850. The molecule has 0 unspecified atom stereocenters. The summed E-state index contributed by atoms with van der Waals surface area (Å²) in [5.41, 5.74) is 2.27. The molecule has 2 aromatic carbocycles.